The van der Waals surface area contributed by atoms with E-state index in [-0.39, 0.29) is 42.3 Å². The molecule has 0 aromatic heterocycles. The average Bonchev–Trinajstić information content (AvgIpc) is 2.68. The number of halogens is 1. The second-order valence-electron chi connectivity index (χ2n) is 6.72. The molecule has 1 fully saturated rings. The number of hydrogen-bond donors (Lipinski definition) is 2. The zero-order valence-corrected chi connectivity index (χ0v) is 20.9. The van der Waals surface area contributed by atoms with Crippen molar-refractivity contribution in [2.24, 2.45) is 4.99 Å². The fourth-order valence-corrected chi connectivity index (χ4v) is 5.39. The largest absolute Gasteiger partial charge is 0.357 e. The van der Waals surface area contributed by atoms with Gasteiger partial charge >= 0.3 is 0 Å². The Balaban J connectivity index is 0.00000392. The van der Waals surface area contributed by atoms with Gasteiger partial charge in [0.05, 0.1) is 12.3 Å². The van der Waals surface area contributed by atoms with E-state index in [1.165, 1.54) is 5.56 Å². The lowest BCUT2D eigenvalue weighted by Crippen LogP contribution is -2.44. The van der Waals surface area contributed by atoms with Crippen LogP contribution in [-0.2, 0) is 10.0 Å². The quantitative estimate of drug-likeness (QED) is 0.302. The minimum Gasteiger partial charge on any atom is -0.357 e. The van der Waals surface area contributed by atoms with Crippen LogP contribution in [-0.4, -0.2) is 68.2 Å². The van der Waals surface area contributed by atoms with Gasteiger partial charge < -0.3 is 10.6 Å². The number of thioether (sulfide) groups is 1. The average molecular weight is 541 g/mol. The Kier molecular flexibility index (Phi) is 11.8. The summed E-state index contributed by atoms with van der Waals surface area (Å²) in [5, 5.41) is 6.62. The standard InChI is InChI=1S/C19H32N4O2S2.HI/c1-4-20-19(22-17(3)16(2)18-8-6-5-7-9-18)21-10-15-27(24,25)23-11-13-26-14-12-23;/h5-9,16-17H,4,10-15H2,1-3H3,(H2,20,21,22);1H. The molecule has 0 aliphatic carbocycles. The second kappa shape index (κ2) is 12.9. The molecular weight excluding hydrogens is 507 g/mol. The lowest BCUT2D eigenvalue weighted by Gasteiger charge is -2.25. The zero-order chi connectivity index (χ0) is 19.7. The molecule has 28 heavy (non-hydrogen) atoms. The summed E-state index contributed by atoms with van der Waals surface area (Å²) in [7, 11) is -3.22. The molecule has 1 aliphatic rings. The molecule has 160 valence electrons. The van der Waals surface area contributed by atoms with Gasteiger partial charge in [0.15, 0.2) is 5.96 Å². The van der Waals surface area contributed by atoms with Gasteiger partial charge in [-0.25, -0.2) is 12.7 Å². The van der Waals surface area contributed by atoms with E-state index in [1.54, 1.807) is 16.1 Å². The Bertz CT molecular complexity index is 695. The smallest absolute Gasteiger partial charge is 0.215 e. The van der Waals surface area contributed by atoms with Crippen molar-refractivity contribution in [1.29, 1.82) is 0 Å². The summed E-state index contributed by atoms with van der Waals surface area (Å²) < 4.78 is 26.5. The summed E-state index contributed by atoms with van der Waals surface area (Å²) in [6, 6.07) is 10.5. The first-order valence-corrected chi connectivity index (χ1v) is 12.4. The molecule has 0 radical (unpaired) electrons. The van der Waals surface area contributed by atoms with Crippen LogP contribution in [0.1, 0.15) is 32.3 Å². The number of rotatable bonds is 8. The topological polar surface area (TPSA) is 73.8 Å². The van der Waals surface area contributed by atoms with Crippen molar-refractivity contribution in [2.75, 3.05) is 43.4 Å². The summed E-state index contributed by atoms with van der Waals surface area (Å²) in [6.45, 7) is 8.51. The van der Waals surface area contributed by atoms with E-state index >= 15 is 0 Å². The summed E-state index contributed by atoms with van der Waals surface area (Å²) in [6.07, 6.45) is 0. The maximum absolute atomic E-state index is 12.4. The monoisotopic (exact) mass is 540 g/mol. The highest BCUT2D eigenvalue weighted by atomic mass is 127. The van der Waals surface area contributed by atoms with E-state index in [1.807, 2.05) is 25.1 Å². The molecule has 1 saturated heterocycles. The Morgan fingerprint density at radius 1 is 1.21 bits per heavy atom. The second-order valence-corrected chi connectivity index (χ2v) is 10.0. The Labute approximate surface area is 191 Å². The molecule has 6 nitrogen and oxygen atoms in total. The van der Waals surface area contributed by atoms with Crippen molar-refractivity contribution >= 4 is 51.7 Å². The van der Waals surface area contributed by atoms with Gasteiger partial charge in [0.1, 0.15) is 0 Å². The molecule has 2 unspecified atom stereocenters. The van der Waals surface area contributed by atoms with Crippen LogP contribution < -0.4 is 10.6 Å². The van der Waals surface area contributed by atoms with E-state index in [4.69, 9.17) is 0 Å². The number of sulfonamides is 1. The molecule has 2 atom stereocenters. The van der Waals surface area contributed by atoms with E-state index in [0.717, 1.165) is 18.1 Å². The Hall–Kier alpha value is -0.520. The van der Waals surface area contributed by atoms with Crippen molar-refractivity contribution in [3.8, 4) is 0 Å². The number of aliphatic imine (C=N–C) groups is 1. The van der Waals surface area contributed by atoms with Crippen LogP contribution in [0.3, 0.4) is 0 Å². The number of nitrogens with one attached hydrogen (secondary N) is 2. The minimum atomic E-state index is -3.22. The Morgan fingerprint density at radius 2 is 1.86 bits per heavy atom. The zero-order valence-electron chi connectivity index (χ0n) is 16.9. The molecule has 2 rings (SSSR count). The van der Waals surface area contributed by atoms with Gasteiger partial charge in [0.2, 0.25) is 10.0 Å². The third-order valence-corrected chi connectivity index (χ3v) is 7.56. The maximum Gasteiger partial charge on any atom is 0.215 e. The lowest BCUT2D eigenvalue weighted by molar-refractivity contribution is 0.444. The van der Waals surface area contributed by atoms with Crippen LogP contribution >= 0.6 is 35.7 Å². The third kappa shape index (κ3) is 8.08. The van der Waals surface area contributed by atoms with Gasteiger partial charge in [-0.1, -0.05) is 37.3 Å². The fraction of sp³-hybridized carbons (Fsp3) is 0.632. The fourth-order valence-electron chi connectivity index (χ4n) is 2.93. The maximum atomic E-state index is 12.4. The van der Waals surface area contributed by atoms with Gasteiger partial charge in [-0.3, -0.25) is 4.99 Å². The first-order chi connectivity index (χ1) is 12.9. The Morgan fingerprint density at radius 3 is 2.46 bits per heavy atom. The van der Waals surface area contributed by atoms with Crippen molar-refractivity contribution in [1.82, 2.24) is 14.9 Å². The molecule has 1 aromatic rings. The molecule has 9 heteroatoms. The van der Waals surface area contributed by atoms with Crippen molar-refractivity contribution < 1.29 is 8.42 Å². The SMILES string of the molecule is CCNC(=NCCS(=O)(=O)N1CCSCC1)NC(C)C(C)c1ccccc1.I. The van der Waals surface area contributed by atoms with Crippen LogP contribution in [0, 0.1) is 0 Å². The molecule has 1 aliphatic heterocycles. The predicted molar refractivity (Wildman–Crippen MR) is 132 cm³/mol. The summed E-state index contributed by atoms with van der Waals surface area (Å²) in [4.78, 5) is 4.49. The summed E-state index contributed by atoms with van der Waals surface area (Å²) in [5.41, 5.74) is 1.26. The molecule has 1 heterocycles. The first kappa shape index (κ1) is 25.5. The normalized spacial score (nSPS) is 18.0. The van der Waals surface area contributed by atoms with Crippen molar-refractivity contribution in [3.63, 3.8) is 0 Å². The van der Waals surface area contributed by atoms with Gasteiger partial charge in [-0.2, -0.15) is 11.8 Å². The highest BCUT2D eigenvalue weighted by Gasteiger charge is 2.23. The van der Waals surface area contributed by atoms with Crippen molar-refractivity contribution in [2.45, 2.75) is 32.7 Å². The summed E-state index contributed by atoms with van der Waals surface area (Å²) in [5.74, 6) is 2.78. The summed E-state index contributed by atoms with van der Waals surface area (Å²) >= 11 is 1.80. The molecular formula is C19H33IN4O2S2. The highest BCUT2D eigenvalue weighted by molar-refractivity contribution is 14.0. The first-order valence-electron chi connectivity index (χ1n) is 9.59. The van der Waals surface area contributed by atoms with E-state index in [9.17, 15) is 8.42 Å². The molecule has 2 N–H and O–H groups in total. The van der Waals surface area contributed by atoms with E-state index in [2.05, 4.69) is 41.6 Å². The molecule has 0 bridgehead atoms. The van der Waals surface area contributed by atoms with Gasteiger partial charge in [0.25, 0.3) is 0 Å². The van der Waals surface area contributed by atoms with Gasteiger partial charge in [-0.15, -0.1) is 24.0 Å². The van der Waals surface area contributed by atoms with Crippen LogP contribution in [0.5, 0.6) is 0 Å². The van der Waals surface area contributed by atoms with Crippen LogP contribution in [0.2, 0.25) is 0 Å². The van der Waals surface area contributed by atoms with Crippen LogP contribution in [0.25, 0.3) is 0 Å². The lowest BCUT2D eigenvalue weighted by atomic mass is 9.94. The van der Waals surface area contributed by atoms with Gasteiger partial charge in [-0.05, 0) is 19.4 Å². The van der Waals surface area contributed by atoms with Crippen LogP contribution in [0.15, 0.2) is 35.3 Å². The number of hydrogen-bond acceptors (Lipinski definition) is 4. The highest BCUT2D eigenvalue weighted by Crippen LogP contribution is 2.18. The molecule has 0 amide bonds. The number of benzene rings is 1. The van der Waals surface area contributed by atoms with Crippen molar-refractivity contribution in [3.05, 3.63) is 35.9 Å². The minimum absolute atomic E-state index is 0. The third-order valence-electron chi connectivity index (χ3n) is 4.77. The molecule has 0 spiro atoms. The van der Waals surface area contributed by atoms with E-state index < -0.39 is 10.0 Å². The van der Waals surface area contributed by atoms with Crippen LogP contribution in [0.4, 0.5) is 0 Å². The predicted octanol–water partition coefficient (Wildman–Crippen LogP) is 2.73. The number of nitrogens with zero attached hydrogens (tertiary/aromatic N) is 2. The van der Waals surface area contributed by atoms with Gasteiger partial charge in [0, 0.05) is 43.1 Å². The molecule has 0 saturated carbocycles. The molecule has 1 aromatic carbocycles. The van der Waals surface area contributed by atoms with E-state index in [0.29, 0.717) is 25.0 Å². The number of guanidine groups is 1.